The average molecular weight is 288 g/mol. The molecule has 0 N–H and O–H groups in total. The molecule has 8 atom stereocenters. The van der Waals surface area contributed by atoms with Gasteiger partial charge < -0.3 is 4.74 Å². The molecule has 0 amide bonds. The maximum absolute atomic E-state index is 11.6. The monoisotopic (exact) mass is 288 g/mol. The number of hydrogen-bond acceptors (Lipinski definition) is 2. The highest BCUT2D eigenvalue weighted by Gasteiger charge is 2.62. The molecule has 0 aliphatic heterocycles. The van der Waals surface area contributed by atoms with Crippen molar-refractivity contribution in [1.82, 2.24) is 0 Å². The standard InChI is InChI=1S/C19H28O2/c1-10(2)19(20)21-9-11(3)15-7-14-8-16(15)18-13-5-4-12(6-13)17(14)18/h11-18H,1,4-9H2,2-3H3. The van der Waals surface area contributed by atoms with Crippen molar-refractivity contribution in [2.24, 2.45) is 47.3 Å². The van der Waals surface area contributed by atoms with E-state index >= 15 is 0 Å². The Labute approximate surface area is 128 Å². The molecule has 0 heterocycles. The van der Waals surface area contributed by atoms with Crippen LogP contribution in [0.5, 0.6) is 0 Å². The second-order valence-electron chi connectivity index (χ2n) is 8.40. The largest absolute Gasteiger partial charge is 0.462 e. The maximum atomic E-state index is 11.6. The van der Waals surface area contributed by atoms with Crippen LogP contribution in [0.4, 0.5) is 0 Å². The molecular formula is C19H28O2. The van der Waals surface area contributed by atoms with Gasteiger partial charge in [-0.05, 0) is 86.4 Å². The highest BCUT2D eigenvalue weighted by atomic mass is 16.5. The lowest BCUT2D eigenvalue weighted by molar-refractivity contribution is -0.141. The molecule has 4 fully saturated rings. The average Bonchev–Trinajstić information content (AvgIpc) is 3.20. The summed E-state index contributed by atoms with van der Waals surface area (Å²) in [6.07, 6.45) is 7.44. The lowest BCUT2D eigenvalue weighted by Gasteiger charge is -2.40. The molecule has 4 saturated carbocycles. The molecule has 2 heteroatoms. The molecule has 0 aromatic rings. The van der Waals surface area contributed by atoms with Crippen molar-refractivity contribution in [3.63, 3.8) is 0 Å². The van der Waals surface area contributed by atoms with Crippen LogP contribution in [-0.2, 0) is 9.53 Å². The number of hydrogen-bond donors (Lipinski definition) is 0. The fourth-order valence-corrected chi connectivity index (χ4v) is 6.72. The minimum Gasteiger partial charge on any atom is -0.462 e. The van der Waals surface area contributed by atoms with E-state index in [1.807, 2.05) is 0 Å². The number of carbonyl (C=O) groups is 1. The van der Waals surface area contributed by atoms with Gasteiger partial charge in [-0.3, -0.25) is 0 Å². The molecule has 116 valence electrons. The molecule has 0 saturated heterocycles. The Kier molecular flexibility index (Phi) is 3.20. The van der Waals surface area contributed by atoms with E-state index in [0.717, 1.165) is 41.4 Å². The zero-order valence-corrected chi connectivity index (χ0v) is 13.4. The van der Waals surface area contributed by atoms with E-state index in [1.165, 1.54) is 32.1 Å². The van der Waals surface area contributed by atoms with Crippen LogP contribution in [0.25, 0.3) is 0 Å². The summed E-state index contributed by atoms with van der Waals surface area (Å²) in [7, 11) is 0. The third-order valence-corrected chi connectivity index (χ3v) is 7.34. The predicted octanol–water partition coefficient (Wildman–Crippen LogP) is 4.06. The lowest BCUT2D eigenvalue weighted by atomic mass is 9.65. The number of fused-ring (bicyclic) bond motifs is 9. The van der Waals surface area contributed by atoms with Gasteiger partial charge in [0.15, 0.2) is 0 Å². The van der Waals surface area contributed by atoms with E-state index < -0.39 is 0 Å². The van der Waals surface area contributed by atoms with Gasteiger partial charge in [0.1, 0.15) is 0 Å². The Hall–Kier alpha value is -0.790. The highest BCUT2D eigenvalue weighted by Crippen LogP contribution is 2.69. The van der Waals surface area contributed by atoms with Crippen LogP contribution < -0.4 is 0 Å². The van der Waals surface area contributed by atoms with Crippen molar-refractivity contribution in [2.45, 2.75) is 46.0 Å². The summed E-state index contributed by atoms with van der Waals surface area (Å²) in [6, 6.07) is 0. The molecule has 4 aliphatic carbocycles. The van der Waals surface area contributed by atoms with Crippen LogP contribution in [0.2, 0.25) is 0 Å². The number of esters is 1. The third kappa shape index (κ3) is 2.01. The van der Waals surface area contributed by atoms with Gasteiger partial charge in [-0.15, -0.1) is 0 Å². The van der Waals surface area contributed by atoms with Crippen molar-refractivity contribution in [3.8, 4) is 0 Å². The van der Waals surface area contributed by atoms with E-state index in [1.54, 1.807) is 6.92 Å². The van der Waals surface area contributed by atoms with Crippen molar-refractivity contribution in [3.05, 3.63) is 12.2 Å². The minimum absolute atomic E-state index is 0.220. The van der Waals surface area contributed by atoms with Crippen LogP contribution >= 0.6 is 0 Å². The van der Waals surface area contributed by atoms with Gasteiger partial charge in [-0.25, -0.2) is 4.79 Å². The first-order valence-corrected chi connectivity index (χ1v) is 8.89. The zero-order valence-electron chi connectivity index (χ0n) is 13.4. The van der Waals surface area contributed by atoms with Crippen LogP contribution in [0, 0.1) is 47.3 Å². The fourth-order valence-electron chi connectivity index (χ4n) is 6.72. The second-order valence-corrected chi connectivity index (χ2v) is 8.40. The van der Waals surface area contributed by atoms with Gasteiger partial charge >= 0.3 is 5.97 Å². The molecule has 0 aromatic carbocycles. The van der Waals surface area contributed by atoms with Crippen molar-refractivity contribution in [1.29, 1.82) is 0 Å². The first kappa shape index (κ1) is 13.8. The SMILES string of the molecule is C=C(C)C(=O)OCC(C)C1CC2CC1C1C3CCC(C3)C21. The van der Waals surface area contributed by atoms with Crippen LogP contribution in [0.3, 0.4) is 0 Å². The number of carbonyl (C=O) groups excluding carboxylic acids is 1. The zero-order chi connectivity index (χ0) is 14.7. The van der Waals surface area contributed by atoms with Gasteiger partial charge in [0.25, 0.3) is 0 Å². The van der Waals surface area contributed by atoms with Crippen molar-refractivity contribution >= 4 is 5.97 Å². The van der Waals surface area contributed by atoms with E-state index in [0.29, 0.717) is 18.1 Å². The summed E-state index contributed by atoms with van der Waals surface area (Å²) in [5, 5.41) is 0. The Morgan fingerprint density at radius 2 is 1.86 bits per heavy atom. The van der Waals surface area contributed by atoms with Crippen molar-refractivity contribution in [2.75, 3.05) is 6.61 Å². The molecule has 4 aliphatic rings. The van der Waals surface area contributed by atoms with E-state index in [-0.39, 0.29) is 5.97 Å². The Morgan fingerprint density at radius 3 is 2.57 bits per heavy atom. The predicted molar refractivity (Wildman–Crippen MR) is 82.5 cm³/mol. The molecule has 4 rings (SSSR count). The smallest absolute Gasteiger partial charge is 0.333 e. The van der Waals surface area contributed by atoms with Crippen LogP contribution in [0.15, 0.2) is 12.2 Å². The molecule has 0 radical (unpaired) electrons. The quantitative estimate of drug-likeness (QED) is 0.443. The molecule has 0 spiro atoms. The first-order chi connectivity index (χ1) is 10.1. The summed E-state index contributed by atoms with van der Waals surface area (Å²) in [5.74, 6) is 7.27. The topological polar surface area (TPSA) is 26.3 Å². The number of rotatable bonds is 4. The minimum atomic E-state index is -0.220. The molecule has 2 nitrogen and oxygen atoms in total. The van der Waals surface area contributed by atoms with Crippen molar-refractivity contribution < 1.29 is 9.53 Å². The van der Waals surface area contributed by atoms with Gasteiger partial charge in [0.05, 0.1) is 6.61 Å². The Morgan fingerprint density at radius 1 is 1.14 bits per heavy atom. The van der Waals surface area contributed by atoms with Gasteiger partial charge in [0.2, 0.25) is 0 Å². The van der Waals surface area contributed by atoms with E-state index in [2.05, 4.69) is 13.5 Å². The summed E-state index contributed by atoms with van der Waals surface area (Å²) >= 11 is 0. The highest BCUT2D eigenvalue weighted by molar-refractivity contribution is 5.86. The third-order valence-electron chi connectivity index (χ3n) is 7.34. The molecule has 8 unspecified atom stereocenters. The Balaban J connectivity index is 1.40. The fraction of sp³-hybridized carbons (Fsp3) is 0.842. The maximum Gasteiger partial charge on any atom is 0.333 e. The summed E-state index contributed by atoms with van der Waals surface area (Å²) < 4.78 is 5.42. The van der Waals surface area contributed by atoms with Crippen LogP contribution in [-0.4, -0.2) is 12.6 Å². The number of ether oxygens (including phenoxy) is 1. The van der Waals surface area contributed by atoms with Gasteiger partial charge in [-0.1, -0.05) is 13.5 Å². The second kappa shape index (κ2) is 4.86. The van der Waals surface area contributed by atoms with Crippen LogP contribution in [0.1, 0.15) is 46.0 Å². The van der Waals surface area contributed by atoms with Gasteiger partial charge in [0, 0.05) is 5.57 Å². The molecule has 0 aromatic heterocycles. The summed E-state index contributed by atoms with van der Waals surface area (Å²) in [5.41, 5.74) is 0.517. The van der Waals surface area contributed by atoms with E-state index in [9.17, 15) is 4.79 Å². The normalized spacial score (nSPS) is 47.4. The van der Waals surface area contributed by atoms with Gasteiger partial charge in [-0.2, -0.15) is 0 Å². The summed E-state index contributed by atoms with van der Waals surface area (Å²) in [6.45, 7) is 8.27. The lowest BCUT2D eigenvalue weighted by Crippen LogP contribution is -2.36. The molecular weight excluding hydrogens is 260 g/mol. The van der Waals surface area contributed by atoms with E-state index in [4.69, 9.17) is 4.74 Å². The molecule has 21 heavy (non-hydrogen) atoms. The molecule has 4 bridgehead atoms. The Bertz CT molecular complexity index is 468. The summed E-state index contributed by atoms with van der Waals surface area (Å²) in [4.78, 5) is 11.6. The first-order valence-electron chi connectivity index (χ1n) is 8.89.